The molecule has 144 valence electrons. The van der Waals surface area contributed by atoms with Gasteiger partial charge >= 0.3 is 5.69 Å². The lowest BCUT2D eigenvalue weighted by Crippen LogP contribution is -2.26. The molecule has 1 aliphatic rings. The number of aromatic nitrogens is 4. The van der Waals surface area contributed by atoms with Crippen molar-refractivity contribution in [1.82, 2.24) is 19.5 Å². The van der Waals surface area contributed by atoms with Crippen molar-refractivity contribution in [2.45, 2.75) is 38.2 Å². The maximum absolute atomic E-state index is 12.3. The summed E-state index contributed by atoms with van der Waals surface area (Å²) >= 11 is 0. The Kier molecular flexibility index (Phi) is 5.70. The van der Waals surface area contributed by atoms with Crippen LogP contribution in [0.4, 0.5) is 5.95 Å². The number of aliphatic hydroxyl groups excluding tert-OH is 1. The first-order valence-electron chi connectivity index (χ1n) is 8.09. The number of H-pyrrole nitrogens is 2. The van der Waals surface area contributed by atoms with Gasteiger partial charge in [0.15, 0.2) is 11.2 Å². The second-order valence-corrected chi connectivity index (χ2v) is 6.73. The van der Waals surface area contributed by atoms with E-state index in [-0.39, 0.29) is 30.1 Å². The van der Waals surface area contributed by atoms with Gasteiger partial charge in [0.25, 0.3) is 5.56 Å². The summed E-state index contributed by atoms with van der Waals surface area (Å²) in [6, 6.07) is 0. The Morgan fingerprint density at radius 2 is 2.27 bits per heavy atom. The van der Waals surface area contributed by atoms with Crippen molar-refractivity contribution in [1.29, 1.82) is 0 Å². The molecule has 3 heterocycles. The summed E-state index contributed by atoms with van der Waals surface area (Å²) in [5.74, 6) is 0.240. The van der Waals surface area contributed by atoms with Gasteiger partial charge in [-0.15, -0.1) is 0 Å². The molecule has 0 aromatic carbocycles. The van der Waals surface area contributed by atoms with E-state index in [2.05, 4.69) is 20.3 Å². The number of nitrogens with two attached hydrogens (primary N) is 1. The molecule has 1 fully saturated rings. The van der Waals surface area contributed by atoms with Crippen LogP contribution in [0, 0.1) is 0 Å². The Hall–Kier alpha value is -1.82. The van der Waals surface area contributed by atoms with Crippen LogP contribution in [0.5, 0.6) is 0 Å². The Bertz CT molecular complexity index is 878. The summed E-state index contributed by atoms with van der Waals surface area (Å²) in [5, 5.41) is 13.1. The first-order valence-corrected chi connectivity index (χ1v) is 9.37. The molecule has 0 aliphatic carbocycles. The predicted molar refractivity (Wildman–Crippen MR) is 93.6 cm³/mol. The van der Waals surface area contributed by atoms with Gasteiger partial charge in [-0.1, -0.05) is 6.92 Å². The number of ether oxygens (including phenoxy) is 1. The zero-order valence-electron chi connectivity index (χ0n) is 14.0. The Morgan fingerprint density at radius 3 is 2.96 bits per heavy atom. The highest BCUT2D eigenvalue weighted by atomic mass is 31.2. The van der Waals surface area contributed by atoms with Crippen molar-refractivity contribution in [3.05, 3.63) is 20.8 Å². The van der Waals surface area contributed by atoms with Gasteiger partial charge in [-0.3, -0.25) is 20.3 Å². The molecule has 2 aromatic rings. The molecule has 7 N–H and O–H groups in total. The van der Waals surface area contributed by atoms with Crippen molar-refractivity contribution in [3.63, 3.8) is 0 Å². The van der Waals surface area contributed by atoms with Crippen molar-refractivity contribution >= 4 is 25.6 Å². The summed E-state index contributed by atoms with van der Waals surface area (Å²) in [6.07, 6.45) is -1.60. The van der Waals surface area contributed by atoms with E-state index in [0.29, 0.717) is 6.54 Å². The summed E-state index contributed by atoms with van der Waals surface area (Å²) in [6.45, 7) is 2.45. The zero-order valence-corrected chi connectivity index (χ0v) is 14.9. The van der Waals surface area contributed by atoms with Crippen molar-refractivity contribution in [2.75, 3.05) is 18.5 Å². The lowest BCUT2D eigenvalue weighted by Gasteiger charge is -2.16. The molecule has 12 nitrogen and oxygen atoms in total. The average Bonchev–Trinajstić information content (AvgIpc) is 3.10. The molecule has 0 radical (unpaired) electrons. The molecule has 4 atom stereocenters. The van der Waals surface area contributed by atoms with Crippen LogP contribution in [0.1, 0.15) is 26.0 Å². The smallest absolute Gasteiger partial charge is 0.329 e. The molecule has 0 saturated carbocycles. The summed E-state index contributed by atoms with van der Waals surface area (Å²) in [5.41, 5.74) is 4.25. The quantitative estimate of drug-likeness (QED) is 0.327. The fourth-order valence-corrected chi connectivity index (χ4v) is 3.08. The largest absolute Gasteiger partial charge is 0.390 e. The average molecular weight is 388 g/mol. The monoisotopic (exact) mass is 388 g/mol. The van der Waals surface area contributed by atoms with Crippen LogP contribution in [-0.2, 0) is 9.26 Å². The Balaban J connectivity index is 1.92. The molecule has 1 unspecified atom stereocenters. The highest BCUT2D eigenvalue weighted by Gasteiger charge is 2.37. The molecule has 26 heavy (non-hydrogen) atoms. The number of nitrogens with one attached hydrogen (secondary N) is 3. The van der Waals surface area contributed by atoms with Crippen LogP contribution >= 0.6 is 8.53 Å². The van der Waals surface area contributed by atoms with E-state index in [4.69, 9.17) is 19.7 Å². The van der Waals surface area contributed by atoms with E-state index < -0.39 is 38.2 Å². The van der Waals surface area contributed by atoms with Gasteiger partial charge < -0.3 is 24.6 Å². The van der Waals surface area contributed by atoms with Gasteiger partial charge in [-0.05, 0) is 6.42 Å². The molecule has 13 heteroatoms. The van der Waals surface area contributed by atoms with E-state index in [1.54, 1.807) is 0 Å². The normalized spacial score (nSPS) is 24.2. The topological polar surface area (TPSA) is 181 Å². The fourth-order valence-electron chi connectivity index (χ4n) is 2.78. The van der Waals surface area contributed by atoms with E-state index in [9.17, 15) is 14.7 Å². The zero-order chi connectivity index (χ0) is 18.8. The minimum atomic E-state index is -2.08. The first-order chi connectivity index (χ1) is 12.4. The third-order valence-electron chi connectivity index (χ3n) is 3.98. The third-order valence-corrected chi connectivity index (χ3v) is 4.40. The Morgan fingerprint density at radius 1 is 1.50 bits per heavy atom. The second kappa shape index (κ2) is 7.82. The number of aliphatic hydroxyl groups is 1. The minimum Gasteiger partial charge on any atom is -0.390 e. The summed E-state index contributed by atoms with van der Waals surface area (Å²) in [7, 11) is -2.08. The van der Waals surface area contributed by atoms with Gasteiger partial charge in [0.2, 0.25) is 14.5 Å². The highest BCUT2D eigenvalue weighted by Crippen LogP contribution is 2.31. The van der Waals surface area contributed by atoms with Gasteiger partial charge in [0, 0.05) is 13.0 Å². The molecule has 1 aliphatic heterocycles. The molecule has 2 aromatic heterocycles. The van der Waals surface area contributed by atoms with E-state index in [1.165, 1.54) is 4.57 Å². The number of rotatable bonds is 7. The van der Waals surface area contributed by atoms with Crippen molar-refractivity contribution in [3.8, 4) is 0 Å². The van der Waals surface area contributed by atoms with Crippen molar-refractivity contribution < 1.29 is 19.3 Å². The molecular formula is C13H21N6O6P. The van der Waals surface area contributed by atoms with Crippen LogP contribution in [0.15, 0.2) is 9.59 Å². The van der Waals surface area contributed by atoms with Crippen LogP contribution in [-0.4, -0.2) is 54.9 Å². The number of anilines is 1. The third kappa shape index (κ3) is 3.80. The number of fused-ring (bicyclic) bond motifs is 1. The molecule has 0 amide bonds. The van der Waals surface area contributed by atoms with Crippen LogP contribution < -0.4 is 22.1 Å². The van der Waals surface area contributed by atoms with Gasteiger partial charge in [-0.2, -0.15) is 4.98 Å². The fraction of sp³-hybridized carbons (Fsp3) is 0.615. The second-order valence-electron chi connectivity index (χ2n) is 5.87. The lowest BCUT2D eigenvalue weighted by atomic mass is 10.2. The van der Waals surface area contributed by atoms with E-state index in [1.807, 2.05) is 6.92 Å². The molecular weight excluding hydrogens is 367 g/mol. The predicted octanol–water partition coefficient (Wildman–Crippen LogP) is -0.922. The maximum atomic E-state index is 12.3. The van der Waals surface area contributed by atoms with Crippen LogP contribution in [0.3, 0.4) is 0 Å². The minimum absolute atomic E-state index is 0.0238. The maximum Gasteiger partial charge on any atom is 0.329 e. The Labute approximate surface area is 148 Å². The number of hydrogen-bond acceptors (Lipinski definition) is 9. The molecule has 1 saturated heterocycles. The summed E-state index contributed by atoms with van der Waals surface area (Å²) in [4.78, 5) is 42.8. The van der Waals surface area contributed by atoms with Gasteiger partial charge in [0.05, 0.1) is 12.7 Å². The molecule has 3 rings (SSSR count). The number of nitrogens with zero attached hydrogens (tertiary/aromatic N) is 2. The number of aromatic amines is 2. The van der Waals surface area contributed by atoms with Crippen molar-refractivity contribution in [2.24, 2.45) is 5.50 Å². The molecule has 0 spiro atoms. The summed E-state index contributed by atoms with van der Waals surface area (Å²) < 4.78 is 11.7. The molecule has 0 bridgehead atoms. The standard InChI is InChI=1S/C13H21N6O6P/c1-2-3-15-12-17-10-9(11(21)18-12)16-13(22)19(10)8-4-6(20)7(25-8)5-24-26(14)23/h6-8,20,23H,2-5,14H2,1H3,(H,16,22)(H2,15,17,18,21)/t6-,7+,8+,26?/m0/s1. The highest BCUT2D eigenvalue weighted by molar-refractivity contribution is 7.43. The van der Waals surface area contributed by atoms with E-state index in [0.717, 1.165) is 6.42 Å². The number of hydrogen-bond donors (Lipinski definition) is 6. The lowest BCUT2D eigenvalue weighted by molar-refractivity contribution is -0.0388. The van der Waals surface area contributed by atoms with Crippen LogP contribution in [0.2, 0.25) is 0 Å². The van der Waals surface area contributed by atoms with Gasteiger partial charge in [-0.25, -0.2) is 9.36 Å². The SMILES string of the molecule is CCCNc1nc2c([nH]c(=O)n2[C@H]2C[C@H](O)[C@@H](COP(N)O)O2)c(=O)[nH]1. The first kappa shape index (κ1) is 19.0. The number of imidazole rings is 1. The van der Waals surface area contributed by atoms with Crippen LogP contribution in [0.25, 0.3) is 11.2 Å². The van der Waals surface area contributed by atoms with E-state index >= 15 is 0 Å². The van der Waals surface area contributed by atoms with Gasteiger partial charge in [0.1, 0.15) is 12.3 Å².